The van der Waals surface area contributed by atoms with E-state index in [1.165, 1.54) is 0 Å². The number of hydrogen-bond donors (Lipinski definition) is 2. The monoisotopic (exact) mass is 198 g/mol. The van der Waals surface area contributed by atoms with Crippen molar-refractivity contribution in [2.24, 2.45) is 0 Å². The van der Waals surface area contributed by atoms with Gasteiger partial charge in [0.1, 0.15) is 6.04 Å². The molecule has 3 amide bonds. The molecule has 0 bridgehead atoms. The number of thioether (sulfide) groups is 1. The van der Waals surface area contributed by atoms with Crippen LogP contribution in [0.3, 0.4) is 0 Å². The van der Waals surface area contributed by atoms with Gasteiger partial charge in [-0.25, -0.2) is 4.79 Å². The summed E-state index contributed by atoms with van der Waals surface area (Å²) in [6.07, 6.45) is 2.67. The van der Waals surface area contributed by atoms with Crippen LogP contribution in [0, 0.1) is 0 Å². The Morgan fingerprint density at radius 2 is 2.25 bits per heavy atom. The maximum absolute atomic E-state index is 10.9. The van der Waals surface area contributed by atoms with Crippen LogP contribution in [0.1, 0.15) is 7.85 Å². The van der Waals surface area contributed by atoms with Gasteiger partial charge >= 0.3 is 35.6 Å². The van der Waals surface area contributed by atoms with Crippen LogP contribution in [0.2, 0.25) is 0 Å². The molecular formula is C6H11N2NaO2S. The predicted octanol–water partition coefficient (Wildman–Crippen LogP) is -2.94. The predicted molar refractivity (Wildman–Crippen MR) is 44.6 cm³/mol. The molecule has 1 aliphatic rings. The third kappa shape index (κ3) is 3.35. The van der Waals surface area contributed by atoms with Crippen LogP contribution >= 0.6 is 11.8 Å². The Hall–Kier alpha value is 0.290. The van der Waals surface area contributed by atoms with E-state index in [2.05, 4.69) is 10.6 Å². The van der Waals surface area contributed by atoms with E-state index in [9.17, 15) is 9.59 Å². The molecule has 12 heavy (non-hydrogen) atoms. The normalized spacial score (nSPS) is 21.2. The summed E-state index contributed by atoms with van der Waals surface area (Å²) in [5.41, 5.74) is 0. The zero-order chi connectivity index (χ0) is 8.27. The van der Waals surface area contributed by atoms with Crippen LogP contribution in [0.4, 0.5) is 4.79 Å². The molecule has 0 aromatic rings. The third-order valence-corrected chi connectivity index (χ3v) is 2.11. The van der Waals surface area contributed by atoms with Gasteiger partial charge in [-0.3, -0.25) is 10.1 Å². The van der Waals surface area contributed by atoms with E-state index in [-0.39, 0.29) is 49.0 Å². The van der Waals surface area contributed by atoms with Crippen molar-refractivity contribution < 1.29 is 40.6 Å². The summed E-state index contributed by atoms with van der Waals surface area (Å²) < 4.78 is 0. The SMILES string of the molecule is CSCCC1NC(=O)NC1=O.[H-].[Na+]. The number of imide groups is 1. The fraction of sp³-hybridized carbons (Fsp3) is 0.667. The Morgan fingerprint density at radius 1 is 1.58 bits per heavy atom. The van der Waals surface area contributed by atoms with Crippen molar-refractivity contribution in [3.8, 4) is 0 Å². The molecule has 0 radical (unpaired) electrons. The van der Waals surface area contributed by atoms with E-state index in [1.54, 1.807) is 11.8 Å². The van der Waals surface area contributed by atoms with Gasteiger partial charge in [-0.05, 0) is 18.4 Å². The second-order valence-corrected chi connectivity index (χ2v) is 3.28. The van der Waals surface area contributed by atoms with E-state index in [1.807, 2.05) is 6.26 Å². The molecule has 0 saturated carbocycles. The Labute approximate surface area is 99.0 Å². The smallest absolute Gasteiger partial charge is 1.00 e. The molecule has 64 valence electrons. The van der Waals surface area contributed by atoms with E-state index < -0.39 is 0 Å². The minimum atomic E-state index is -0.374. The molecule has 4 nitrogen and oxygen atoms in total. The van der Waals surface area contributed by atoms with Crippen LogP contribution in [0.15, 0.2) is 0 Å². The van der Waals surface area contributed by atoms with Gasteiger partial charge in [-0.15, -0.1) is 0 Å². The van der Waals surface area contributed by atoms with Crippen molar-refractivity contribution in [1.29, 1.82) is 0 Å². The number of amides is 3. The first kappa shape index (κ1) is 12.3. The number of nitrogens with one attached hydrogen (secondary N) is 2. The summed E-state index contributed by atoms with van der Waals surface area (Å²) in [7, 11) is 0. The Bertz CT molecular complexity index is 193. The molecule has 1 saturated heterocycles. The second kappa shape index (κ2) is 5.85. The van der Waals surface area contributed by atoms with Gasteiger partial charge in [0.2, 0.25) is 0 Å². The van der Waals surface area contributed by atoms with Gasteiger partial charge in [0.05, 0.1) is 0 Å². The van der Waals surface area contributed by atoms with Crippen LogP contribution < -0.4 is 40.2 Å². The molecule has 0 aromatic heterocycles. The summed E-state index contributed by atoms with van der Waals surface area (Å²) in [4.78, 5) is 21.5. The van der Waals surface area contributed by atoms with E-state index >= 15 is 0 Å². The fourth-order valence-electron chi connectivity index (χ4n) is 0.898. The quantitative estimate of drug-likeness (QED) is 0.377. The summed E-state index contributed by atoms with van der Waals surface area (Å²) in [6.45, 7) is 0. The van der Waals surface area contributed by atoms with E-state index in [4.69, 9.17) is 0 Å². The van der Waals surface area contributed by atoms with Crippen LogP contribution in [-0.4, -0.2) is 30.0 Å². The maximum atomic E-state index is 10.9. The van der Waals surface area contributed by atoms with Crippen LogP contribution in [0.5, 0.6) is 0 Å². The summed E-state index contributed by atoms with van der Waals surface area (Å²) in [5, 5.41) is 4.70. The van der Waals surface area contributed by atoms with Crippen molar-refractivity contribution in [2.75, 3.05) is 12.0 Å². The summed E-state index contributed by atoms with van der Waals surface area (Å²) >= 11 is 1.66. The largest absolute Gasteiger partial charge is 1.00 e. The van der Waals surface area contributed by atoms with Crippen LogP contribution in [0.25, 0.3) is 0 Å². The van der Waals surface area contributed by atoms with Crippen molar-refractivity contribution in [3.05, 3.63) is 0 Å². The van der Waals surface area contributed by atoms with Crippen molar-refractivity contribution in [1.82, 2.24) is 10.6 Å². The molecule has 6 heteroatoms. The van der Waals surface area contributed by atoms with Gasteiger partial charge in [0.25, 0.3) is 5.91 Å². The van der Waals surface area contributed by atoms with E-state index in [0.29, 0.717) is 6.42 Å². The first-order chi connectivity index (χ1) is 5.24. The Kier molecular flexibility index (Phi) is 6.00. The summed E-state index contributed by atoms with van der Waals surface area (Å²) in [6, 6.07) is -0.684. The minimum Gasteiger partial charge on any atom is -1.00 e. The van der Waals surface area contributed by atoms with Gasteiger partial charge in [0.15, 0.2) is 0 Å². The average Bonchev–Trinajstić information content (AvgIpc) is 2.26. The number of carbonyl (C=O) groups excluding carboxylic acids is 2. The molecule has 0 aliphatic carbocycles. The number of urea groups is 1. The Balaban J connectivity index is 0. The molecule has 2 N–H and O–H groups in total. The third-order valence-electron chi connectivity index (χ3n) is 1.47. The number of hydrogen-bond acceptors (Lipinski definition) is 3. The number of carbonyl (C=O) groups is 2. The standard InChI is InChI=1S/C6H10N2O2S.Na.H/c1-11-3-2-4-5(9)8-6(10)7-4;;/h4H,2-3H2,1H3,(H2,7,8,9,10);;/q;+1;-1. The molecule has 1 aliphatic heterocycles. The second-order valence-electron chi connectivity index (χ2n) is 2.30. The van der Waals surface area contributed by atoms with E-state index in [0.717, 1.165) is 5.75 Å². The fourth-order valence-corrected chi connectivity index (χ4v) is 1.37. The van der Waals surface area contributed by atoms with Gasteiger partial charge in [-0.1, -0.05) is 0 Å². The zero-order valence-electron chi connectivity index (χ0n) is 8.22. The molecule has 1 heterocycles. The molecule has 0 spiro atoms. The number of rotatable bonds is 3. The average molecular weight is 198 g/mol. The van der Waals surface area contributed by atoms with Gasteiger partial charge in [-0.2, -0.15) is 11.8 Å². The van der Waals surface area contributed by atoms with Crippen LogP contribution in [-0.2, 0) is 4.79 Å². The molecule has 1 atom stereocenters. The van der Waals surface area contributed by atoms with Crippen molar-refractivity contribution in [3.63, 3.8) is 0 Å². The zero-order valence-corrected chi connectivity index (χ0v) is 10.0. The molecular weight excluding hydrogens is 187 g/mol. The molecule has 1 fully saturated rings. The van der Waals surface area contributed by atoms with Crippen molar-refractivity contribution in [2.45, 2.75) is 12.5 Å². The Morgan fingerprint density at radius 3 is 2.67 bits per heavy atom. The first-order valence-corrected chi connectivity index (χ1v) is 4.73. The van der Waals surface area contributed by atoms with Gasteiger partial charge < -0.3 is 6.74 Å². The maximum Gasteiger partial charge on any atom is 1.00 e. The summed E-state index contributed by atoms with van der Waals surface area (Å²) in [5.74, 6) is 0.683. The minimum absolute atomic E-state index is 0. The topological polar surface area (TPSA) is 58.2 Å². The van der Waals surface area contributed by atoms with Crippen molar-refractivity contribution >= 4 is 23.7 Å². The molecule has 1 unspecified atom stereocenters. The van der Waals surface area contributed by atoms with Gasteiger partial charge in [0, 0.05) is 0 Å². The molecule has 1 rings (SSSR count). The first-order valence-electron chi connectivity index (χ1n) is 3.34. The molecule has 0 aromatic carbocycles.